The Bertz CT molecular complexity index is 315. The Morgan fingerprint density at radius 3 is 2.80 bits per heavy atom. The highest BCUT2D eigenvalue weighted by atomic mass is 79.9. The Kier molecular flexibility index (Phi) is 5.68. The first-order valence-electron chi connectivity index (χ1n) is 4.74. The largest absolute Gasteiger partial charge is 0.389 e. The van der Waals surface area contributed by atoms with Crippen LogP contribution in [0.2, 0.25) is 0 Å². The molecule has 0 saturated carbocycles. The van der Waals surface area contributed by atoms with Gasteiger partial charge in [-0.25, -0.2) is 0 Å². The highest BCUT2D eigenvalue weighted by molar-refractivity contribution is 9.10. The number of ether oxygens (including phenoxy) is 1. The van der Waals surface area contributed by atoms with Crippen LogP contribution in [0, 0.1) is 0 Å². The first kappa shape index (κ1) is 13.0. The molecule has 0 fully saturated rings. The molecule has 15 heavy (non-hydrogen) atoms. The molecule has 4 heteroatoms. The van der Waals surface area contributed by atoms with Crippen LogP contribution in [-0.2, 0) is 4.74 Å². The van der Waals surface area contributed by atoms with Gasteiger partial charge in [0.05, 0.1) is 12.7 Å². The molecule has 0 heterocycles. The summed E-state index contributed by atoms with van der Waals surface area (Å²) in [6, 6.07) is 6.00. The lowest BCUT2D eigenvalue weighted by Crippen LogP contribution is -1.94. The van der Waals surface area contributed by atoms with Gasteiger partial charge in [-0.2, -0.15) is 0 Å². The number of thioether (sulfide) groups is 1. The van der Waals surface area contributed by atoms with E-state index < -0.39 is 6.10 Å². The van der Waals surface area contributed by atoms with Crippen molar-refractivity contribution in [3.05, 3.63) is 28.2 Å². The third-order valence-electron chi connectivity index (χ3n) is 1.98. The number of aliphatic hydroxyl groups is 1. The fourth-order valence-corrected chi connectivity index (χ4v) is 2.89. The van der Waals surface area contributed by atoms with E-state index in [0.29, 0.717) is 0 Å². The zero-order valence-corrected chi connectivity index (χ0v) is 11.3. The van der Waals surface area contributed by atoms with Gasteiger partial charge in [0.25, 0.3) is 0 Å². The van der Waals surface area contributed by atoms with Crippen molar-refractivity contribution in [1.82, 2.24) is 0 Å². The van der Waals surface area contributed by atoms with Gasteiger partial charge in [0.2, 0.25) is 0 Å². The molecule has 0 aliphatic carbocycles. The normalized spacial score (nSPS) is 12.8. The number of methoxy groups -OCH3 is 1. The minimum absolute atomic E-state index is 0.433. The summed E-state index contributed by atoms with van der Waals surface area (Å²) < 4.78 is 5.94. The molecule has 0 saturated heterocycles. The molecule has 0 spiro atoms. The minimum Gasteiger partial charge on any atom is -0.389 e. The quantitative estimate of drug-likeness (QED) is 0.667. The number of aliphatic hydroxyl groups excluding tert-OH is 1. The van der Waals surface area contributed by atoms with Gasteiger partial charge in [-0.1, -0.05) is 22.0 Å². The molecular formula is C11H15BrO2S. The maximum absolute atomic E-state index is 9.45. The summed E-state index contributed by atoms with van der Waals surface area (Å²) in [5, 5.41) is 9.45. The molecule has 1 N–H and O–H groups in total. The third-order valence-corrected chi connectivity index (χ3v) is 3.62. The molecule has 0 amide bonds. The first-order valence-corrected chi connectivity index (χ1v) is 6.52. The predicted octanol–water partition coefficient (Wildman–Crippen LogP) is 3.24. The fourth-order valence-electron chi connectivity index (χ4n) is 1.18. The number of benzene rings is 1. The van der Waals surface area contributed by atoms with Crippen molar-refractivity contribution in [3.8, 4) is 0 Å². The number of hydrogen-bond acceptors (Lipinski definition) is 3. The lowest BCUT2D eigenvalue weighted by atomic mass is 10.1. The van der Waals surface area contributed by atoms with E-state index in [0.717, 1.165) is 22.4 Å². The highest BCUT2D eigenvalue weighted by Crippen LogP contribution is 2.28. The lowest BCUT2D eigenvalue weighted by Gasteiger charge is -2.09. The van der Waals surface area contributed by atoms with Gasteiger partial charge in [-0.15, -0.1) is 11.8 Å². The van der Waals surface area contributed by atoms with E-state index in [9.17, 15) is 5.11 Å². The second-order valence-corrected chi connectivity index (χ2v) is 5.22. The van der Waals surface area contributed by atoms with E-state index in [1.54, 1.807) is 25.8 Å². The molecule has 84 valence electrons. The average molecular weight is 291 g/mol. The summed E-state index contributed by atoms with van der Waals surface area (Å²) >= 11 is 5.20. The third kappa shape index (κ3) is 4.15. The van der Waals surface area contributed by atoms with Crippen molar-refractivity contribution < 1.29 is 9.84 Å². The van der Waals surface area contributed by atoms with Crippen LogP contribution in [0.3, 0.4) is 0 Å². The van der Waals surface area contributed by atoms with Crippen LogP contribution < -0.4 is 0 Å². The average Bonchev–Trinajstić information content (AvgIpc) is 2.17. The Morgan fingerprint density at radius 2 is 2.27 bits per heavy atom. The van der Waals surface area contributed by atoms with Crippen molar-refractivity contribution >= 4 is 27.7 Å². The maximum Gasteiger partial charge on any atom is 0.0772 e. The molecule has 0 aromatic heterocycles. The lowest BCUT2D eigenvalue weighted by molar-refractivity contribution is 0.198. The summed E-state index contributed by atoms with van der Waals surface area (Å²) in [7, 11) is 1.70. The van der Waals surface area contributed by atoms with Gasteiger partial charge in [0, 0.05) is 22.2 Å². The SMILES string of the molecule is COCCSc1ccc([C@H](C)O)c(Br)c1. The van der Waals surface area contributed by atoms with E-state index in [-0.39, 0.29) is 0 Å². The monoisotopic (exact) mass is 290 g/mol. The Morgan fingerprint density at radius 1 is 1.53 bits per heavy atom. The summed E-state index contributed by atoms with van der Waals surface area (Å²) in [6.45, 7) is 2.51. The van der Waals surface area contributed by atoms with Gasteiger partial charge in [0.1, 0.15) is 0 Å². The summed E-state index contributed by atoms with van der Waals surface area (Å²) in [5.41, 5.74) is 0.922. The number of rotatable bonds is 5. The molecule has 1 aromatic rings. The van der Waals surface area contributed by atoms with Gasteiger partial charge in [-0.3, -0.25) is 0 Å². The molecule has 1 atom stereocenters. The number of halogens is 1. The van der Waals surface area contributed by atoms with Crippen LogP contribution in [-0.4, -0.2) is 24.6 Å². The van der Waals surface area contributed by atoms with E-state index in [1.807, 2.05) is 18.2 Å². The highest BCUT2D eigenvalue weighted by Gasteiger charge is 2.06. The topological polar surface area (TPSA) is 29.5 Å². The first-order chi connectivity index (χ1) is 7.15. The van der Waals surface area contributed by atoms with Crippen LogP contribution >= 0.6 is 27.7 Å². The zero-order valence-electron chi connectivity index (χ0n) is 8.87. The molecule has 0 aliphatic heterocycles. The molecule has 0 aliphatic rings. The van der Waals surface area contributed by atoms with Crippen LogP contribution in [0.25, 0.3) is 0 Å². The van der Waals surface area contributed by atoms with Gasteiger partial charge in [0.15, 0.2) is 0 Å². The Hall–Kier alpha value is -0.0300. The maximum atomic E-state index is 9.45. The molecule has 1 aromatic carbocycles. The van der Waals surface area contributed by atoms with Gasteiger partial charge >= 0.3 is 0 Å². The van der Waals surface area contributed by atoms with Crippen molar-refractivity contribution in [2.24, 2.45) is 0 Å². The van der Waals surface area contributed by atoms with Crippen LogP contribution in [0.1, 0.15) is 18.6 Å². The van der Waals surface area contributed by atoms with Crippen molar-refractivity contribution in [2.45, 2.75) is 17.9 Å². The van der Waals surface area contributed by atoms with Crippen molar-refractivity contribution in [2.75, 3.05) is 19.5 Å². The second kappa shape index (κ2) is 6.53. The van der Waals surface area contributed by atoms with Gasteiger partial charge < -0.3 is 9.84 Å². The van der Waals surface area contributed by atoms with E-state index in [1.165, 1.54) is 4.90 Å². The molecule has 0 unspecified atom stereocenters. The molecular weight excluding hydrogens is 276 g/mol. The predicted molar refractivity (Wildman–Crippen MR) is 67.4 cm³/mol. The zero-order chi connectivity index (χ0) is 11.3. The number of hydrogen-bond donors (Lipinski definition) is 1. The van der Waals surface area contributed by atoms with E-state index in [4.69, 9.17) is 4.74 Å². The van der Waals surface area contributed by atoms with Gasteiger partial charge in [-0.05, 0) is 24.6 Å². The van der Waals surface area contributed by atoms with Crippen LogP contribution in [0.15, 0.2) is 27.6 Å². The van der Waals surface area contributed by atoms with Crippen molar-refractivity contribution in [1.29, 1.82) is 0 Å². The van der Waals surface area contributed by atoms with E-state index in [2.05, 4.69) is 15.9 Å². The summed E-state index contributed by atoms with van der Waals surface area (Å²) in [6.07, 6.45) is -0.433. The van der Waals surface area contributed by atoms with Crippen LogP contribution in [0.5, 0.6) is 0 Å². The summed E-state index contributed by atoms with van der Waals surface area (Å²) in [4.78, 5) is 1.18. The molecule has 2 nitrogen and oxygen atoms in total. The second-order valence-electron chi connectivity index (χ2n) is 3.20. The molecule has 0 bridgehead atoms. The minimum atomic E-state index is -0.433. The smallest absolute Gasteiger partial charge is 0.0772 e. The molecule has 1 rings (SSSR count). The fraction of sp³-hybridized carbons (Fsp3) is 0.455. The Labute approximate surface area is 103 Å². The molecule has 0 radical (unpaired) electrons. The Balaban J connectivity index is 2.65. The summed E-state index contributed by atoms with van der Waals surface area (Å²) in [5.74, 6) is 0.941. The van der Waals surface area contributed by atoms with Crippen LogP contribution in [0.4, 0.5) is 0 Å². The van der Waals surface area contributed by atoms with E-state index >= 15 is 0 Å². The standard InChI is InChI=1S/C11H15BrO2S/c1-8(13)10-4-3-9(7-11(10)12)15-6-5-14-2/h3-4,7-8,13H,5-6H2,1-2H3/t8-/m0/s1. The van der Waals surface area contributed by atoms with Crippen molar-refractivity contribution in [3.63, 3.8) is 0 Å².